The molecule has 1 aromatic heterocycles. The topological polar surface area (TPSA) is 75.4 Å². The van der Waals surface area contributed by atoms with Gasteiger partial charge in [-0.2, -0.15) is 0 Å². The van der Waals surface area contributed by atoms with E-state index < -0.39 is 0 Å². The summed E-state index contributed by atoms with van der Waals surface area (Å²) >= 11 is 0. The van der Waals surface area contributed by atoms with Gasteiger partial charge in [-0.1, -0.05) is 188 Å². The number of hydrogen-bond acceptors (Lipinski definition) is 6. The molecular weight excluding hydrogens is 745 g/mol. The molecule has 61 heavy (non-hydrogen) atoms. The first-order valence-corrected chi connectivity index (χ1v) is 21.1. The summed E-state index contributed by atoms with van der Waals surface area (Å²) in [5.41, 5.74) is 14.0. The van der Waals surface area contributed by atoms with Gasteiger partial charge < -0.3 is 5.32 Å². The monoisotopic (exact) mass is 788 g/mol. The lowest BCUT2D eigenvalue weighted by molar-refractivity contribution is 0.659. The van der Waals surface area contributed by atoms with Crippen LogP contribution in [0, 0.1) is 6.92 Å². The van der Waals surface area contributed by atoms with Crippen LogP contribution >= 0.6 is 0 Å². The van der Waals surface area contributed by atoms with Gasteiger partial charge in [0.25, 0.3) is 0 Å². The van der Waals surface area contributed by atoms with Crippen LogP contribution in [0.25, 0.3) is 67.5 Å². The summed E-state index contributed by atoms with van der Waals surface area (Å²) in [6.45, 7) is 2.23. The van der Waals surface area contributed by atoms with Gasteiger partial charge in [0.2, 0.25) is 0 Å². The highest BCUT2D eigenvalue weighted by molar-refractivity contribution is 6.15. The predicted molar refractivity (Wildman–Crippen MR) is 250 cm³/mol. The maximum atomic E-state index is 5.28. The van der Waals surface area contributed by atoms with Crippen LogP contribution in [-0.2, 0) is 0 Å². The number of nitrogens with one attached hydrogen (secondary N) is 1. The molecule has 0 fully saturated rings. The molecule has 1 aliphatic carbocycles. The lowest BCUT2D eigenvalue weighted by atomic mass is 9.86. The molecule has 2 aliphatic rings. The van der Waals surface area contributed by atoms with Crippen molar-refractivity contribution in [1.29, 1.82) is 0 Å². The molecule has 294 valence electrons. The first-order chi connectivity index (χ1) is 30.2. The van der Waals surface area contributed by atoms with Crippen molar-refractivity contribution in [1.82, 2.24) is 20.3 Å². The van der Waals surface area contributed by atoms with Crippen LogP contribution in [0.2, 0.25) is 0 Å². The summed E-state index contributed by atoms with van der Waals surface area (Å²) in [6, 6.07) is 63.0. The van der Waals surface area contributed by atoms with E-state index in [9.17, 15) is 0 Å². The number of rotatable bonds is 9. The Hall–Kier alpha value is -7.57. The standard InChI is InChI=1S/C55H44N6/c1-37-42(35-20-36-43(37)45-30-16-18-33-48(45)54-58-50(38-21-6-2-7-22-38)56-51(59-54)39-23-8-3-9-24-39)44-29-14-15-31-46(44)47-32-17-19-34-49(47)55-60-52(40-25-10-4-11-26-40)57-53(61-55)41-27-12-5-13-28-41/h2,4-7,10-23,25-36,50H,3,8-9,24H2,1H3,(H,56,58,59). The second-order valence-corrected chi connectivity index (χ2v) is 15.5. The number of amidine groups is 2. The SMILES string of the molecule is Cc1c(-c2ccccc2C2=NC(c3ccccc3)NC(C3=CCCCC3)=N2)cccc1-c1ccccc1-c1ccccc1-c1nc(-c2ccccc2)nc(-c2ccccc2)n1. The van der Waals surface area contributed by atoms with Crippen molar-refractivity contribution in [2.24, 2.45) is 9.98 Å². The number of hydrogen-bond donors (Lipinski definition) is 1. The quantitative estimate of drug-likeness (QED) is 0.158. The van der Waals surface area contributed by atoms with Crippen LogP contribution in [0.4, 0.5) is 0 Å². The zero-order valence-corrected chi connectivity index (χ0v) is 34.0. The number of aromatic nitrogens is 3. The highest BCUT2D eigenvalue weighted by atomic mass is 15.2. The molecule has 0 bridgehead atoms. The molecule has 0 spiro atoms. The zero-order valence-electron chi connectivity index (χ0n) is 34.0. The van der Waals surface area contributed by atoms with Crippen molar-refractivity contribution < 1.29 is 0 Å². The summed E-state index contributed by atoms with van der Waals surface area (Å²) in [4.78, 5) is 25.7. The normalized spacial score (nSPS) is 15.0. The maximum Gasteiger partial charge on any atom is 0.164 e. The Morgan fingerprint density at radius 1 is 0.443 bits per heavy atom. The average Bonchev–Trinajstić information content (AvgIpc) is 3.35. The van der Waals surface area contributed by atoms with Gasteiger partial charge in [-0.3, -0.25) is 0 Å². The molecule has 1 aliphatic heterocycles. The summed E-state index contributed by atoms with van der Waals surface area (Å²) in [6.07, 6.45) is 6.59. The molecule has 0 radical (unpaired) electrons. The van der Waals surface area contributed by atoms with Crippen molar-refractivity contribution in [3.05, 3.63) is 210 Å². The van der Waals surface area contributed by atoms with E-state index in [1.807, 2.05) is 66.7 Å². The van der Waals surface area contributed by atoms with Crippen LogP contribution < -0.4 is 5.32 Å². The highest BCUT2D eigenvalue weighted by Gasteiger charge is 2.25. The van der Waals surface area contributed by atoms with Gasteiger partial charge >= 0.3 is 0 Å². The number of aliphatic imine (C=N–C) groups is 2. The van der Waals surface area contributed by atoms with Gasteiger partial charge in [0, 0.05) is 22.3 Å². The third-order valence-electron chi connectivity index (χ3n) is 11.6. The second-order valence-electron chi connectivity index (χ2n) is 15.5. The van der Waals surface area contributed by atoms with E-state index in [1.54, 1.807) is 0 Å². The summed E-state index contributed by atoms with van der Waals surface area (Å²) in [5, 5.41) is 3.68. The Balaban J connectivity index is 1.08. The van der Waals surface area contributed by atoms with Gasteiger partial charge in [-0.05, 0) is 82.7 Å². The van der Waals surface area contributed by atoms with Crippen molar-refractivity contribution >= 4 is 11.7 Å². The zero-order chi connectivity index (χ0) is 41.0. The van der Waals surface area contributed by atoms with Crippen LogP contribution in [0.3, 0.4) is 0 Å². The molecule has 6 heteroatoms. The smallest absolute Gasteiger partial charge is 0.164 e. The van der Waals surface area contributed by atoms with Gasteiger partial charge in [-0.25, -0.2) is 24.9 Å². The minimum atomic E-state index is -0.240. The largest absolute Gasteiger partial charge is 0.344 e. The molecule has 6 nitrogen and oxygen atoms in total. The van der Waals surface area contributed by atoms with E-state index in [-0.39, 0.29) is 6.17 Å². The van der Waals surface area contributed by atoms with Gasteiger partial charge in [0.1, 0.15) is 12.0 Å². The Kier molecular flexibility index (Phi) is 10.5. The Bertz CT molecular complexity index is 2890. The van der Waals surface area contributed by atoms with Crippen LogP contribution in [0.15, 0.2) is 204 Å². The molecule has 1 atom stereocenters. The lowest BCUT2D eigenvalue weighted by Gasteiger charge is -2.26. The first-order valence-electron chi connectivity index (χ1n) is 21.1. The molecule has 0 saturated carbocycles. The minimum absolute atomic E-state index is 0.240. The number of benzene rings is 7. The average molecular weight is 789 g/mol. The molecule has 1 N–H and O–H groups in total. The first kappa shape index (κ1) is 37.7. The Morgan fingerprint density at radius 2 is 0.902 bits per heavy atom. The molecule has 7 aromatic carbocycles. The summed E-state index contributed by atoms with van der Waals surface area (Å²) in [5.74, 6) is 3.56. The third-order valence-corrected chi connectivity index (χ3v) is 11.6. The fourth-order valence-electron chi connectivity index (χ4n) is 8.52. The molecule has 10 rings (SSSR count). The van der Waals surface area contributed by atoms with E-state index in [1.165, 1.54) is 24.0 Å². The second kappa shape index (κ2) is 17.0. The lowest BCUT2D eigenvalue weighted by Crippen LogP contribution is -2.34. The van der Waals surface area contributed by atoms with Crippen molar-refractivity contribution in [3.8, 4) is 67.5 Å². The minimum Gasteiger partial charge on any atom is -0.344 e. The van der Waals surface area contributed by atoms with E-state index in [0.29, 0.717) is 17.5 Å². The predicted octanol–water partition coefficient (Wildman–Crippen LogP) is 13.1. The van der Waals surface area contributed by atoms with E-state index in [0.717, 1.165) is 85.7 Å². The van der Waals surface area contributed by atoms with Gasteiger partial charge in [-0.15, -0.1) is 0 Å². The fraction of sp³-hybridized carbons (Fsp3) is 0.109. The van der Waals surface area contributed by atoms with Crippen molar-refractivity contribution in [2.45, 2.75) is 38.8 Å². The van der Waals surface area contributed by atoms with Crippen LogP contribution in [0.1, 0.15) is 48.5 Å². The number of nitrogens with zero attached hydrogens (tertiary/aromatic N) is 5. The van der Waals surface area contributed by atoms with Crippen LogP contribution in [-0.4, -0.2) is 26.6 Å². The fourth-order valence-corrected chi connectivity index (χ4v) is 8.52. The van der Waals surface area contributed by atoms with Gasteiger partial charge in [0.05, 0.1) is 0 Å². The van der Waals surface area contributed by atoms with Crippen molar-refractivity contribution in [2.75, 3.05) is 0 Å². The molecule has 1 unspecified atom stereocenters. The third kappa shape index (κ3) is 7.72. The summed E-state index contributed by atoms with van der Waals surface area (Å²) in [7, 11) is 0. The Labute approximate surface area is 357 Å². The maximum absolute atomic E-state index is 5.28. The van der Waals surface area contributed by atoms with E-state index in [2.05, 4.69) is 134 Å². The Morgan fingerprint density at radius 3 is 1.48 bits per heavy atom. The highest BCUT2D eigenvalue weighted by Crippen LogP contribution is 2.41. The molecule has 0 saturated heterocycles. The van der Waals surface area contributed by atoms with E-state index in [4.69, 9.17) is 24.9 Å². The summed E-state index contributed by atoms with van der Waals surface area (Å²) < 4.78 is 0. The molecule has 2 heterocycles. The van der Waals surface area contributed by atoms with Crippen molar-refractivity contribution in [3.63, 3.8) is 0 Å². The van der Waals surface area contributed by atoms with Crippen LogP contribution in [0.5, 0.6) is 0 Å². The van der Waals surface area contributed by atoms with Gasteiger partial charge in [0.15, 0.2) is 23.3 Å². The van der Waals surface area contributed by atoms with E-state index >= 15 is 0 Å². The molecule has 0 amide bonds. The molecular formula is C55H44N6. The molecule has 8 aromatic rings. The number of allylic oxidation sites excluding steroid dienone is 1.